The molecule has 43 valence electrons. The lowest BCUT2D eigenvalue weighted by Gasteiger charge is -1.90. The molecule has 1 aliphatic rings. The molecule has 0 aromatic carbocycles. The van der Waals surface area contributed by atoms with Crippen molar-refractivity contribution in [2.45, 2.75) is 6.42 Å². The molecule has 0 atom stereocenters. The molecule has 2 N–H and O–H groups in total. The van der Waals surface area contributed by atoms with Gasteiger partial charge in [-0.15, -0.1) is 0 Å². The molecule has 0 saturated heterocycles. The first-order valence-electron chi connectivity index (χ1n) is 2.48. The van der Waals surface area contributed by atoms with E-state index in [1.165, 1.54) is 0 Å². The molecule has 0 aromatic rings. The lowest BCUT2D eigenvalue weighted by atomic mass is 10.4. The highest BCUT2D eigenvalue weighted by Crippen LogP contribution is 2.00. The Morgan fingerprint density at radius 2 is 2.62 bits per heavy atom. The zero-order valence-corrected chi connectivity index (χ0v) is 4.42. The number of nitrogens with two attached hydrogens (primary N) is 1. The summed E-state index contributed by atoms with van der Waals surface area (Å²) in [6.07, 6.45) is 2.61. The van der Waals surface area contributed by atoms with Gasteiger partial charge in [-0.25, -0.2) is 0 Å². The minimum absolute atomic E-state index is 0.414. The standard InChI is InChI=1S/C5H7N2O/c6-5(8)4-2-1-3-7-4/h2H,1,3H2,(H2,6,8). The second kappa shape index (κ2) is 1.86. The van der Waals surface area contributed by atoms with Gasteiger partial charge in [0.05, 0.1) is 0 Å². The van der Waals surface area contributed by atoms with E-state index in [2.05, 4.69) is 5.32 Å². The van der Waals surface area contributed by atoms with Gasteiger partial charge in [0.2, 0.25) is 0 Å². The number of hydrogen-bond donors (Lipinski definition) is 1. The quantitative estimate of drug-likeness (QED) is 0.481. The van der Waals surface area contributed by atoms with Crippen LogP contribution in [0.4, 0.5) is 0 Å². The lowest BCUT2D eigenvalue weighted by Crippen LogP contribution is -2.18. The highest BCUT2D eigenvalue weighted by atomic mass is 16.1. The SMILES string of the molecule is NC(=O)C1=CCC[N]1. The third-order valence-electron chi connectivity index (χ3n) is 1.00. The molecule has 3 nitrogen and oxygen atoms in total. The first-order chi connectivity index (χ1) is 3.80. The van der Waals surface area contributed by atoms with Gasteiger partial charge in [0, 0.05) is 6.54 Å². The Kier molecular flexibility index (Phi) is 1.20. The van der Waals surface area contributed by atoms with Crippen molar-refractivity contribution in [3.63, 3.8) is 0 Å². The Bertz CT molecular complexity index is 139. The Morgan fingerprint density at radius 1 is 1.88 bits per heavy atom. The summed E-state index contributed by atoms with van der Waals surface area (Å²) in [6, 6.07) is 0. The highest BCUT2D eigenvalue weighted by molar-refractivity contribution is 5.91. The van der Waals surface area contributed by atoms with Crippen LogP contribution in [0, 0.1) is 0 Å². The Morgan fingerprint density at radius 3 is 2.88 bits per heavy atom. The molecule has 0 aliphatic carbocycles. The van der Waals surface area contributed by atoms with Gasteiger partial charge in [-0.3, -0.25) is 10.1 Å². The lowest BCUT2D eigenvalue weighted by molar-refractivity contribution is -0.114. The van der Waals surface area contributed by atoms with Gasteiger partial charge in [-0.05, 0) is 6.42 Å². The van der Waals surface area contributed by atoms with E-state index in [0.29, 0.717) is 5.70 Å². The average molecular weight is 111 g/mol. The van der Waals surface area contributed by atoms with Gasteiger partial charge in [-0.1, -0.05) is 6.08 Å². The summed E-state index contributed by atoms with van der Waals surface area (Å²) in [5.74, 6) is -0.414. The van der Waals surface area contributed by atoms with Crippen molar-refractivity contribution in [1.29, 1.82) is 0 Å². The first kappa shape index (κ1) is 5.15. The molecular formula is C5H7N2O. The fraction of sp³-hybridized carbons (Fsp3) is 0.400. The van der Waals surface area contributed by atoms with E-state index in [4.69, 9.17) is 5.73 Å². The molecule has 1 radical (unpaired) electrons. The van der Waals surface area contributed by atoms with Crippen LogP contribution < -0.4 is 11.1 Å². The van der Waals surface area contributed by atoms with Gasteiger partial charge in [0.25, 0.3) is 5.91 Å². The van der Waals surface area contributed by atoms with Crippen molar-refractivity contribution >= 4 is 5.91 Å². The highest BCUT2D eigenvalue weighted by Gasteiger charge is 2.08. The summed E-state index contributed by atoms with van der Waals surface area (Å²) in [5, 5.41) is 3.82. The maximum atomic E-state index is 10.3. The zero-order chi connectivity index (χ0) is 5.98. The number of rotatable bonds is 1. The molecule has 0 unspecified atom stereocenters. The predicted octanol–water partition coefficient (Wildman–Crippen LogP) is -0.636. The summed E-state index contributed by atoms with van der Waals surface area (Å²) in [5.41, 5.74) is 5.33. The van der Waals surface area contributed by atoms with Gasteiger partial charge < -0.3 is 5.73 Å². The first-order valence-corrected chi connectivity index (χ1v) is 2.48. The predicted molar refractivity (Wildman–Crippen MR) is 28.9 cm³/mol. The van der Waals surface area contributed by atoms with Gasteiger partial charge in [0.1, 0.15) is 5.70 Å². The normalized spacial score (nSPS) is 17.2. The molecule has 0 fully saturated rings. The van der Waals surface area contributed by atoms with Gasteiger partial charge in [0.15, 0.2) is 0 Å². The minimum atomic E-state index is -0.414. The molecule has 0 aromatic heterocycles. The fourth-order valence-electron chi connectivity index (χ4n) is 0.629. The van der Waals surface area contributed by atoms with Crippen molar-refractivity contribution in [1.82, 2.24) is 5.32 Å². The average Bonchev–Trinajstić information content (AvgIpc) is 2.12. The summed E-state index contributed by atoms with van der Waals surface area (Å²) in [6.45, 7) is 0.721. The van der Waals surface area contributed by atoms with Crippen molar-refractivity contribution in [3.05, 3.63) is 11.8 Å². The molecule has 1 amide bonds. The number of hydrogen-bond acceptors (Lipinski definition) is 1. The van der Waals surface area contributed by atoms with Gasteiger partial charge >= 0.3 is 0 Å². The smallest absolute Gasteiger partial charge is 0.266 e. The minimum Gasteiger partial charge on any atom is -0.364 e. The molecule has 1 aliphatic heterocycles. The van der Waals surface area contributed by atoms with Crippen molar-refractivity contribution < 1.29 is 4.79 Å². The third kappa shape index (κ3) is 0.804. The van der Waals surface area contributed by atoms with Crippen molar-refractivity contribution in [2.75, 3.05) is 6.54 Å². The second-order valence-corrected chi connectivity index (χ2v) is 1.62. The number of carbonyl (C=O) groups excluding carboxylic acids is 1. The zero-order valence-electron chi connectivity index (χ0n) is 4.42. The molecule has 1 rings (SSSR count). The third-order valence-corrected chi connectivity index (χ3v) is 1.00. The second-order valence-electron chi connectivity index (χ2n) is 1.62. The molecule has 0 saturated carbocycles. The monoisotopic (exact) mass is 111 g/mol. The molecule has 8 heavy (non-hydrogen) atoms. The van der Waals surface area contributed by atoms with E-state index in [1.807, 2.05) is 0 Å². The Labute approximate surface area is 47.6 Å². The van der Waals surface area contributed by atoms with E-state index >= 15 is 0 Å². The van der Waals surface area contributed by atoms with E-state index in [-0.39, 0.29) is 0 Å². The van der Waals surface area contributed by atoms with Crippen LogP contribution in [0.5, 0.6) is 0 Å². The maximum Gasteiger partial charge on any atom is 0.266 e. The fourth-order valence-corrected chi connectivity index (χ4v) is 0.629. The topological polar surface area (TPSA) is 57.2 Å². The maximum absolute atomic E-state index is 10.3. The number of primary amides is 1. The Balaban J connectivity index is 2.57. The van der Waals surface area contributed by atoms with Crippen LogP contribution in [-0.2, 0) is 4.79 Å². The van der Waals surface area contributed by atoms with E-state index in [0.717, 1.165) is 13.0 Å². The molecule has 1 heterocycles. The number of carbonyl (C=O) groups is 1. The number of amides is 1. The largest absolute Gasteiger partial charge is 0.364 e. The van der Waals surface area contributed by atoms with Crippen LogP contribution in [0.15, 0.2) is 11.8 Å². The van der Waals surface area contributed by atoms with Crippen molar-refractivity contribution in [2.24, 2.45) is 5.73 Å². The summed E-state index contributed by atoms with van der Waals surface area (Å²) in [4.78, 5) is 10.3. The summed E-state index contributed by atoms with van der Waals surface area (Å²) < 4.78 is 0. The van der Waals surface area contributed by atoms with E-state index < -0.39 is 5.91 Å². The molecule has 0 spiro atoms. The van der Waals surface area contributed by atoms with Crippen LogP contribution in [0.2, 0.25) is 0 Å². The molecule has 3 heteroatoms. The summed E-state index contributed by atoms with van der Waals surface area (Å²) >= 11 is 0. The molecule has 0 bridgehead atoms. The molecular weight excluding hydrogens is 104 g/mol. The van der Waals surface area contributed by atoms with Crippen LogP contribution in [0.25, 0.3) is 0 Å². The van der Waals surface area contributed by atoms with Crippen LogP contribution in [-0.4, -0.2) is 12.5 Å². The van der Waals surface area contributed by atoms with Crippen LogP contribution in [0.3, 0.4) is 0 Å². The van der Waals surface area contributed by atoms with Crippen LogP contribution >= 0.6 is 0 Å². The van der Waals surface area contributed by atoms with Crippen LogP contribution in [0.1, 0.15) is 6.42 Å². The van der Waals surface area contributed by atoms with Gasteiger partial charge in [-0.2, -0.15) is 0 Å². The van der Waals surface area contributed by atoms with E-state index in [1.54, 1.807) is 6.08 Å². The van der Waals surface area contributed by atoms with Crippen molar-refractivity contribution in [3.8, 4) is 0 Å². The van der Waals surface area contributed by atoms with E-state index in [9.17, 15) is 4.79 Å². The summed E-state index contributed by atoms with van der Waals surface area (Å²) in [7, 11) is 0. The Hall–Kier alpha value is -0.990. The number of nitrogens with zero attached hydrogens (tertiary/aromatic N) is 1.